The Kier molecular flexibility index (Phi) is 5.96. The van der Waals surface area contributed by atoms with Crippen LogP contribution < -0.4 is 0 Å². The molecule has 1 amide bonds. The first-order chi connectivity index (χ1) is 9.97. The van der Waals surface area contributed by atoms with Crippen molar-refractivity contribution in [2.24, 2.45) is 11.3 Å². The van der Waals surface area contributed by atoms with Crippen LogP contribution in [-0.2, 0) is 16.9 Å². The summed E-state index contributed by atoms with van der Waals surface area (Å²) in [5, 5.41) is 12.5. The summed E-state index contributed by atoms with van der Waals surface area (Å²) in [5.41, 5.74) is -0.245. The molecule has 22 heavy (non-hydrogen) atoms. The third-order valence-electron chi connectivity index (χ3n) is 4.02. The van der Waals surface area contributed by atoms with Gasteiger partial charge < -0.3 is 4.90 Å². The smallest absolute Gasteiger partial charge is 0.237 e. The van der Waals surface area contributed by atoms with Crippen molar-refractivity contribution in [3.8, 4) is 0 Å². The van der Waals surface area contributed by atoms with Crippen LogP contribution in [0.4, 0.5) is 0 Å². The number of halogens is 1. The van der Waals surface area contributed by atoms with E-state index < -0.39 is 0 Å². The van der Waals surface area contributed by atoms with Crippen LogP contribution in [0.5, 0.6) is 0 Å². The third kappa shape index (κ3) is 4.93. The molecule has 0 N–H and O–H groups in total. The topological polar surface area (TPSA) is 63.9 Å². The lowest BCUT2D eigenvalue weighted by molar-refractivity contribution is -0.131. The van der Waals surface area contributed by atoms with Crippen LogP contribution in [0.3, 0.4) is 0 Å². The molecule has 0 bridgehead atoms. The second-order valence-electron chi connectivity index (χ2n) is 7.69. The first-order valence-corrected chi connectivity index (χ1v) is 8.14. The largest absolute Gasteiger partial charge is 0.333 e. The predicted octanol–water partition coefficient (Wildman–Crippen LogP) is 2.68. The standard InChI is InChI=1S/C15H28ClN5O/c1-11(2)15(6,7)10-20(13(22)8-16)9-12-17-19-21(18-12)14(3,4)5/h11H,8-10H2,1-7H3. The van der Waals surface area contributed by atoms with E-state index in [4.69, 9.17) is 11.6 Å². The number of alkyl halides is 1. The van der Waals surface area contributed by atoms with Gasteiger partial charge in [0.1, 0.15) is 5.88 Å². The number of carbonyl (C=O) groups excluding carboxylic acids is 1. The summed E-state index contributed by atoms with van der Waals surface area (Å²) in [4.78, 5) is 15.4. The summed E-state index contributed by atoms with van der Waals surface area (Å²) in [6.45, 7) is 15.5. The lowest BCUT2D eigenvalue weighted by atomic mass is 9.80. The zero-order valence-corrected chi connectivity index (χ0v) is 15.5. The molecule has 0 aliphatic carbocycles. The Morgan fingerprint density at radius 1 is 1.27 bits per heavy atom. The molecule has 0 aromatic carbocycles. The Balaban J connectivity index is 2.91. The Hall–Kier alpha value is -1.17. The SMILES string of the molecule is CC(C)C(C)(C)CN(Cc1nnn(C(C)(C)C)n1)C(=O)CCl. The number of aromatic nitrogens is 4. The molecule has 0 unspecified atom stereocenters. The zero-order valence-electron chi connectivity index (χ0n) is 14.7. The number of carbonyl (C=O) groups is 1. The maximum absolute atomic E-state index is 12.1. The summed E-state index contributed by atoms with van der Waals surface area (Å²) in [6, 6.07) is 0. The summed E-state index contributed by atoms with van der Waals surface area (Å²) in [7, 11) is 0. The van der Waals surface area contributed by atoms with Crippen molar-refractivity contribution in [1.82, 2.24) is 25.1 Å². The molecule has 0 aliphatic rings. The Bertz CT molecular complexity index is 504. The molecule has 126 valence electrons. The van der Waals surface area contributed by atoms with E-state index in [2.05, 4.69) is 43.1 Å². The fourth-order valence-electron chi connectivity index (χ4n) is 1.75. The maximum atomic E-state index is 12.1. The van der Waals surface area contributed by atoms with Gasteiger partial charge in [0.2, 0.25) is 5.91 Å². The molecule has 0 saturated carbocycles. The van der Waals surface area contributed by atoms with Gasteiger partial charge in [0.15, 0.2) is 5.82 Å². The van der Waals surface area contributed by atoms with Gasteiger partial charge in [-0.1, -0.05) is 27.7 Å². The number of tetrazole rings is 1. The Morgan fingerprint density at radius 3 is 2.27 bits per heavy atom. The molecule has 6 nitrogen and oxygen atoms in total. The minimum absolute atomic E-state index is 0.0122. The molecule has 0 fully saturated rings. The van der Waals surface area contributed by atoms with E-state index in [0.717, 1.165) is 0 Å². The number of amides is 1. The third-order valence-corrected chi connectivity index (χ3v) is 4.24. The molecule has 0 aliphatic heterocycles. The van der Waals surface area contributed by atoms with Crippen LogP contribution in [0.1, 0.15) is 54.3 Å². The highest BCUT2D eigenvalue weighted by Crippen LogP contribution is 2.27. The molecule has 0 spiro atoms. The molecule has 7 heteroatoms. The molecule has 1 aromatic rings. The van der Waals surface area contributed by atoms with Gasteiger partial charge in [0.05, 0.1) is 12.1 Å². The van der Waals surface area contributed by atoms with E-state index in [0.29, 0.717) is 24.8 Å². The average molecular weight is 330 g/mol. The van der Waals surface area contributed by atoms with Gasteiger partial charge in [-0.05, 0) is 37.3 Å². The zero-order chi connectivity index (χ0) is 17.1. The molecule has 1 rings (SSSR count). The normalized spacial score (nSPS) is 12.8. The van der Waals surface area contributed by atoms with Crippen LogP contribution >= 0.6 is 11.6 Å². The van der Waals surface area contributed by atoms with Crippen molar-refractivity contribution >= 4 is 17.5 Å². The molecule has 0 atom stereocenters. The summed E-state index contributed by atoms with van der Waals surface area (Å²) >= 11 is 5.75. The van der Waals surface area contributed by atoms with Gasteiger partial charge in [0.25, 0.3) is 0 Å². The van der Waals surface area contributed by atoms with E-state index >= 15 is 0 Å². The first-order valence-electron chi connectivity index (χ1n) is 7.60. The van der Waals surface area contributed by atoms with Gasteiger partial charge in [-0.2, -0.15) is 4.80 Å². The van der Waals surface area contributed by atoms with Gasteiger partial charge in [0, 0.05) is 6.54 Å². The second-order valence-corrected chi connectivity index (χ2v) is 7.96. The van der Waals surface area contributed by atoms with Crippen molar-refractivity contribution in [3.63, 3.8) is 0 Å². The summed E-state index contributed by atoms with van der Waals surface area (Å²) in [6.07, 6.45) is 0. The quantitative estimate of drug-likeness (QED) is 0.753. The molecular weight excluding hydrogens is 302 g/mol. The van der Waals surface area contributed by atoms with Crippen molar-refractivity contribution in [2.75, 3.05) is 12.4 Å². The number of nitrogens with zero attached hydrogens (tertiary/aromatic N) is 5. The van der Waals surface area contributed by atoms with Crippen LogP contribution in [0.25, 0.3) is 0 Å². The fraction of sp³-hybridized carbons (Fsp3) is 0.867. The molecular formula is C15H28ClN5O. The monoisotopic (exact) mass is 329 g/mol. The van der Waals surface area contributed by atoms with Crippen molar-refractivity contribution in [2.45, 2.75) is 60.5 Å². The van der Waals surface area contributed by atoms with Crippen molar-refractivity contribution in [3.05, 3.63) is 5.82 Å². The van der Waals surface area contributed by atoms with Crippen LogP contribution in [0, 0.1) is 11.3 Å². The van der Waals surface area contributed by atoms with Gasteiger partial charge >= 0.3 is 0 Å². The first kappa shape index (κ1) is 18.9. The lowest BCUT2D eigenvalue weighted by Crippen LogP contribution is -2.41. The van der Waals surface area contributed by atoms with Crippen molar-refractivity contribution < 1.29 is 4.79 Å². The minimum atomic E-state index is -0.232. The van der Waals surface area contributed by atoms with Crippen molar-refractivity contribution in [1.29, 1.82) is 0 Å². The average Bonchev–Trinajstić information content (AvgIpc) is 2.85. The van der Waals surface area contributed by atoms with Crippen LogP contribution in [0.2, 0.25) is 0 Å². The van der Waals surface area contributed by atoms with Crippen LogP contribution in [0.15, 0.2) is 0 Å². The van der Waals surface area contributed by atoms with Gasteiger partial charge in [-0.15, -0.1) is 21.8 Å². The molecule has 0 saturated heterocycles. The maximum Gasteiger partial charge on any atom is 0.237 e. The van der Waals surface area contributed by atoms with E-state index in [9.17, 15) is 4.79 Å². The summed E-state index contributed by atoms with van der Waals surface area (Å²) < 4.78 is 0. The Labute approximate surface area is 138 Å². The number of rotatable bonds is 6. The van der Waals surface area contributed by atoms with Crippen LogP contribution in [-0.4, -0.2) is 43.4 Å². The molecule has 1 heterocycles. The van der Waals surface area contributed by atoms with E-state index in [1.807, 2.05) is 20.8 Å². The van der Waals surface area contributed by atoms with Gasteiger partial charge in [-0.25, -0.2) is 0 Å². The highest BCUT2D eigenvalue weighted by atomic mass is 35.5. The van der Waals surface area contributed by atoms with E-state index in [1.54, 1.807) is 9.70 Å². The lowest BCUT2D eigenvalue weighted by Gasteiger charge is -2.35. The molecule has 1 aromatic heterocycles. The minimum Gasteiger partial charge on any atom is -0.333 e. The molecule has 0 radical (unpaired) electrons. The number of hydrogen-bond acceptors (Lipinski definition) is 4. The highest BCUT2D eigenvalue weighted by Gasteiger charge is 2.29. The van der Waals surface area contributed by atoms with E-state index in [-0.39, 0.29) is 22.7 Å². The second kappa shape index (κ2) is 6.94. The van der Waals surface area contributed by atoms with E-state index in [1.165, 1.54) is 0 Å². The summed E-state index contributed by atoms with van der Waals surface area (Å²) in [5.74, 6) is 0.827. The highest BCUT2D eigenvalue weighted by molar-refractivity contribution is 6.27. The fourth-order valence-corrected chi connectivity index (χ4v) is 1.92. The predicted molar refractivity (Wildman–Crippen MR) is 87.6 cm³/mol. The Morgan fingerprint density at radius 2 is 1.86 bits per heavy atom. The van der Waals surface area contributed by atoms with Gasteiger partial charge in [-0.3, -0.25) is 4.79 Å². The number of hydrogen-bond donors (Lipinski definition) is 0.